The highest BCUT2D eigenvalue weighted by molar-refractivity contribution is 7.89. The van der Waals surface area contributed by atoms with Gasteiger partial charge in [-0.15, -0.1) is 0 Å². The second kappa shape index (κ2) is 8.98. The lowest BCUT2D eigenvalue weighted by atomic mass is 9.88. The van der Waals surface area contributed by atoms with Crippen LogP contribution in [0.2, 0.25) is 0 Å². The monoisotopic (exact) mass is 503 g/mol. The Labute approximate surface area is 206 Å². The first-order valence-corrected chi connectivity index (χ1v) is 13.2. The molecule has 0 unspecified atom stereocenters. The van der Waals surface area contributed by atoms with Crippen LogP contribution in [0, 0.1) is 6.92 Å². The summed E-state index contributed by atoms with van der Waals surface area (Å²) in [5.41, 5.74) is 1.39. The Kier molecular flexibility index (Phi) is 6.48. The maximum Gasteiger partial charge on any atom is 0.410 e. The number of aromatic nitrogens is 1. The van der Waals surface area contributed by atoms with Crippen molar-refractivity contribution in [3.8, 4) is 5.75 Å². The molecule has 2 N–H and O–H groups in total. The number of fused-ring (bicyclic) bond motifs is 1. The van der Waals surface area contributed by atoms with E-state index in [1.54, 1.807) is 17.0 Å². The minimum Gasteiger partial charge on any atom is -0.486 e. The number of hydrogen-bond donors (Lipinski definition) is 1. The summed E-state index contributed by atoms with van der Waals surface area (Å²) in [6.07, 6.45) is 5.99. The highest BCUT2D eigenvalue weighted by Gasteiger charge is 2.34. The summed E-state index contributed by atoms with van der Waals surface area (Å²) >= 11 is 0. The van der Waals surface area contributed by atoms with Crippen LogP contribution in [0.1, 0.15) is 69.0 Å². The molecule has 0 spiro atoms. The second-order valence-corrected chi connectivity index (χ2v) is 12.0. The molecule has 0 saturated carbocycles. The number of nitrogens with zero attached hydrogens (tertiary/aromatic N) is 2. The lowest BCUT2D eigenvalue weighted by molar-refractivity contribution is 0.0223. The highest BCUT2D eigenvalue weighted by atomic mass is 32.2. The molecular weight excluding hydrogens is 470 g/mol. The first-order valence-electron chi connectivity index (χ1n) is 11.7. The van der Waals surface area contributed by atoms with Crippen molar-refractivity contribution in [3.63, 3.8) is 0 Å². The Hall–Kier alpha value is -2.85. The van der Waals surface area contributed by atoms with Gasteiger partial charge in [-0.3, -0.25) is 0 Å². The average molecular weight is 504 g/mol. The number of carbonyl (C=O) groups is 1. The van der Waals surface area contributed by atoms with Crippen molar-refractivity contribution in [1.82, 2.24) is 9.88 Å². The van der Waals surface area contributed by atoms with Gasteiger partial charge in [-0.2, -0.15) is 0 Å². The molecule has 10 heteroatoms. The van der Waals surface area contributed by atoms with Crippen molar-refractivity contribution in [2.75, 3.05) is 6.54 Å². The summed E-state index contributed by atoms with van der Waals surface area (Å²) in [7, 11) is -4.04. The minimum absolute atomic E-state index is 0.0237. The fraction of sp³-hybridized carbons (Fsp3) is 0.520. The van der Waals surface area contributed by atoms with Crippen molar-refractivity contribution in [2.45, 2.75) is 82.9 Å². The molecular formula is C25H33N3O6S. The molecule has 0 atom stereocenters. The van der Waals surface area contributed by atoms with Gasteiger partial charge in [-0.05, 0) is 70.2 Å². The summed E-state index contributed by atoms with van der Waals surface area (Å²) in [4.78, 5) is 18.7. The van der Waals surface area contributed by atoms with Crippen molar-refractivity contribution in [3.05, 3.63) is 52.8 Å². The molecule has 0 bridgehead atoms. The Bertz CT molecular complexity index is 1260. The van der Waals surface area contributed by atoms with Crippen LogP contribution in [-0.2, 0) is 39.7 Å². The molecule has 0 radical (unpaired) electrons. The first kappa shape index (κ1) is 25.2. The summed E-state index contributed by atoms with van der Waals surface area (Å²) in [5, 5.41) is 5.51. The van der Waals surface area contributed by atoms with E-state index in [1.165, 1.54) is 0 Å². The molecule has 2 heterocycles. The zero-order chi connectivity index (χ0) is 25.6. The van der Waals surface area contributed by atoms with Crippen LogP contribution in [0.15, 0.2) is 33.6 Å². The van der Waals surface area contributed by atoms with Crippen LogP contribution < -0.4 is 9.88 Å². The molecule has 190 valence electrons. The number of amides is 1. The van der Waals surface area contributed by atoms with Crippen LogP contribution in [0.3, 0.4) is 0 Å². The highest BCUT2D eigenvalue weighted by Crippen LogP contribution is 2.37. The lowest BCUT2D eigenvalue weighted by Gasteiger charge is -2.31. The fourth-order valence-electron chi connectivity index (χ4n) is 4.29. The zero-order valence-corrected chi connectivity index (χ0v) is 21.7. The van der Waals surface area contributed by atoms with E-state index in [4.69, 9.17) is 19.0 Å². The molecule has 1 aromatic carbocycles. The summed E-state index contributed by atoms with van der Waals surface area (Å²) in [5.74, 6) is 1.39. The van der Waals surface area contributed by atoms with Crippen LogP contribution in [-0.4, -0.2) is 36.5 Å². The van der Waals surface area contributed by atoms with E-state index in [0.29, 0.717) is 30.3 Å². The van der Waals surface area contributed by atoms with E-state index < -0.39 is 21.7 Å². The van der Waals surface area contributed by atoms with Gasteiger partial charge in [0.05, 0.1) is 5.41 Å². The molecule has 1 aromatic heterocycles. The number of aryl methyl sites for hydroxylation is 1. The van der Waals surface area contributed by atoms with Gasteiger partial charge in [-0.1, -0.05) is 19.1 Å². The third-order valence-corrected chi connectivity index (χ3v) is 7.25. The van der Waals surface area contributed by atoms with Gasteiger partial charge in [0.2, 0.25) is 15.9 Å². The van der Waals surface area contributed by atoms with Gasteiger partial charge in [0, 0.05) is 13.1 Å². The minimum atomic E-state index is -4.04. The number of oxazole rings is 1. The van der Waals surface area contributed by atoms with E-state index in [0.717, 1.165) is 24.0 Å². The molecule has 4 rings (SSSR count). The van der Waals surface area contributed by atoms with E-state index in [1.807, 2.05) is 27.7 Å². The van der Waals surface area contributed by atoms with Gasteiger partial charge in [0.25, 0.3) is 0 Å². The average Bonchev–Trinajstić information content (AvgIpc) is 3.36. The van der Waals surface area contributed by atoms with Crippen molar-refractivity contribution in [1.29, 1.82) is 0 Å². The molecule has 2 aromatic rings. The fourth-order valence-corrected chi connectivity index (χ4v) is 5.00. The SMILES string of the molecule is Cc1oc(C2(C)CC=CC2)nc1COc1cc2c(cc1S(N)(=O)=O)CCN(C(=O)OC(C)(C)C)C2. The van der Waals surface area contributed by atoms with Crippen LogP contribution >= 0.6 is 0 Å². The molecule has 1 aliphatic heterocycles. The summed E-state index contributed by atoms with van der Waals surface area (Å²) in [6, 6.07) is 3.18. The number of carbonyl (C=O) groups excluding carboxylic acids is 1. The number of sulfonamides is 1. The number of nitrogens with two attached hydrogens (primary N) is 1. The maximum absolute atomic E-state index is 12.6. The third-order valence-electron chi connectivity index (χ3n) is 6.31. The van der Waals surface area contributed by atoms with Crippen molar-refractivity contribution < 1.29 is 27.1 Å². The third kappa shape index (κ3) is 5.54. The van der Waals surface area contributed by atoms with Gasteiger partial charge in [-0.25, -0.2) is 23.3 Å². The van der Waals surface area contributed by atoms with Gasteiger partial charge < -0.3 is 18.8 Å². The summed E-state index contributed by atoms with van der Waals surface area (Å²) in [6.45, 7) is 10.1. The summed E-state index contributed by atoms with van der Waals surface area (Å²) < 4.78 is 42.0. The van der Waals surface area contributed by atoms with Crippen LogP contribution in [0.25, 0.3) is 0 Å². The Morgan fingerprint density at radius 3 is 2.54 bits per heavy atom. The van der Waals surface area contributed by atoms with Crippen LogP contribution in [0.5, 0.6) is 5.75 Å². The number of benzene rings is 1. The molecule has 1 amide bonds. The lowest BCUT2D eigenvalue weighted by Crippen LogP contribution is -2.40. The number of rotatable bonds is 5. The normalized spacial score (nSPS) is 17.4. The standard InChI is InChI=1S/C25H33N3O6S/c1-16-19(27-22(33-16)25(5)9-6-7-10-25)15-32-20-12-18-14-28(23(29)34-24(2,3)4)11-8-17(18)13-21(20)35(26,30)31/h6-7,12-13H,8-11,14-15H2,1-5H3,(H2,26,30,31). The van der Waals surface area contributed by atoms with Crippen LogP contribution in [0.4, 0.5) is 4.79 Å². The predicted molar refractivity (Wildman–Crippen MR) is 129 cm³/mol. The first-order chi connectivity index (χ1) is 16.2. The smallest absolute Gasteiger partial charge is 0.410 e. The van der Waals surface area contributed by atoms with E-state index in [2.05, 4.69) is 24.1 Å². The van der Waals surface area contributed by atoms with Crippen molar-refractivity contribution >= 4 is 16.1 Å². The number of allylic oxidation sites excluding steroid dienone is 2. The number of primary sulfonamides is 1. The van der Waals surface area contributed by atoms with E-state index in [-0.39, 0.29) is 29.2 Å². The maximum atomic E-state index is 12.6. The second-order valence-electron chi connectivity index (χ2n) is 10.5. The molecule has 1 aliphatic carbocycles. The Morgan fingerprint density at radius 2 is 1.91 bits per heavy atom. The van der Waals surface area contributed by atoms with Gasteiger partial charge >= 0.3 is 6.09 Å². The van der Waals surface area contributed by atoms with E-state index in [9.17, 15) is 13.2 Å². The van der Waals surface area contributed by atoms with Crippen molar-refractivity contribution in [2.24, 2.45) is 5.14 Å². The zero-order valence-electron chi connectivity index (χ0n) is 20.9. The molecule has 2 aliphatic rings. The largest absolute Gasteiger partial charge is 0.486 e. The van der Waals surface area contributed by atoms with E-state index >= 15 is 0 Å². The quantitative estimate of drug-likeness (QED) is 0.609. The Morgan fingerprint density at radius 1 is 1.23 bits per heavy atom. The number of hydrogen-bond acceptors (Lipinski definition) is 7. The van der Waals surface area contributed by atoms with Gasteiger partial charge in [0.1, 0.15) is 34.3 Å². The molecule has 35 heavy (non-hydrogen) atoms. The number of ether oxygens (including phenoxy) is 2. The molecule has 9 nitrogen and oxygen atoms in total. The molecule has 0 fully saturated rings. The van der Waals surface area contributed by atoms with Gasteiger partial charge in [0.15, 0.2) is 0 Å². The topological polar surface area (TPSA) is 125 Å². The predicted octanol–water partition coefficient (Wildman–Crippen LogP) is 4.11. The molecule has 0 saturated heterocycles. The Balaban J connectivity index is 1.58.